The van der Waals surface area contributed by atoms with Gasteiger partial charge >= 0.3 is 5.97 Å². The van der Waals surface area contributed by atoms with Crippen molar-refractivity contribution >= 4 is 11.9 Å². The van der Waals surface area contributed by atoms with E-state index < -0.39 is 11.9 Å². The Kier molecular flexibility index (Phi) is 5.49. The predicted octanol–water partition coefficient (Wildman–Crippen LogP) is 2.77. The smallest absolute Gasteiger partial charge is 0.338 e. The van der Waals surface area contributed by atoms with Gasteiger partial charge in [0.2, 0.25) is 6.79 Å². The molecule has 0 spiro atoms. The van der Waals surface area contributed by atoms with E-state index in [1.54, 1.807) is 24.3 Å². The highest BCUT2D eigenvalue weighted by molar-refractivity contribution is 5.91. The normalized spacial score (nSPS) is 13.0. The number of carbonyl (C=O) groups is 2. The maximum atomic E-state index is 12.1. The fourth-order valence-corrected chi connectivity index (χ4v) is 2.71. The van der Waals surface area contributed by atoms with Crippen LogP contribution in [0, 0.1) is 6.92 Å². The third-order valence-electron chi connectivity index (χ3n) is 4.25. The van der Waals surface area contributed by atoms with Gasteiger partial charge in [-0.3, -0.25) is 4.79 Å². The van der Waals surface area contributed by atoms with E-state index in [0.717, 1.165) is 11.1 Å². The number of methoxy groups -OCH3 is 1. The first-order valence-electron chi connectivity index (χ1n) is 8.48. The minimum atomic E-state index is -0.584. The number of amides is 1. The predicted molar refractivity (Wildman–Crippen MR) is 97.1 cm³/mol. The summed E-state index contributed by atoms with van der Waals surface area (Å²) in [5.41, 5.74) is 2.10. The number of hydrogen-bond acceptors (Lipinski definition) is 6. The molecule has 0 fully saturated rings. The molecule has 1 atom stereocenters. The molecule has 7 nitrogen and oxygen atoms in total. The minimum absolute atomic E-state index is 0.194. The standard InChI is InChI=1S/C20H21NO6/c1-12-4-5-15(9-17(12)24-3)20(23)25-10-19(22)21-13(2)14-6-7-16-18(8-14)27-11-26-16/h4-9,13H,10-11H2,1-3H3,(H,21,22)/t13-/m1/s1. The van der Waals surface area contributed by atoms with Crippen LogP contribution in [0.2, 0.25) is 0 Å². The third-order valence-corrected chi connectivity index (χ3v) is 4.25. The first-order valence-corrected chi connectivity index (χ1v) is 8.48. The average Bonchev–Trinajstić information content (AvgIpc) is 3.14. The van der Waals surface area contributed by atoms with Crippen LogP contribution in [0.25, 0.3) is 0 Å². The van der Waals surface area contributed by atoms with E-state index in [0.29, 0.717) is 22.8 Å². The lowest BCUT2D eigenvalue weighted by molar-refractivity contribution is -0.124. The summed E-state index contributed by atoms with van der Waals surface area (Å²) in [4.78, 5) is 24.2. The molecule has 0 unspecified atom stereocenters. The summed E-state index contributed by atoms with van der Waals surface area (Å²) in [6, 6.07) is 10.2. The number of nitrogens with one attached hydrogen (secondary N) is 1. The molecular weight excluding hydrogens is 350 g/mol. The van der Waals surface area contributed by atoms with Crippen molar-refractivity contribution in [2.45, 2.75) is 19.9 Å². The van der Waals surface area contributed by atoms with Crippen molar-refractivity contribution in [3.05, 3.63) is 53.1 Å². The molecular formula is C20H21NO6. The van der Waals surface area contributed by atoms with E-state index in [4.69, 9.17) is 18.9 Å². The molecule has 1 heterocycles. The number of aryl methyl sites for hydroxylation is 1. The third kappa shape index (κ3) is 4.31. The molecule has 1 aliphatic rings. The monoisotopic (exact) mass is 371 g/mol. The zero-order valence-electron chi connectivity index (χ0n) is 15.4. The fraction of sp³-hybridized carbons (Fsp3) is 0.300. The molecule has 1 N–H and O–H groups in total. The molecule has 1 amide bonds. The largest absolute Gasteiger partial charge is 0.496 e. The maximum absolute atomic E-state index is 12.1. The van der Waals surface area contributed by atoms with Crippen LogP contribution in [0.1, 0.15) is 34.5 Å². The number of carbonyl (C=O) groups excluding carboxylic acids is 2. The van der Waals surface area contributed by atoms with Gasteiger partial charge in [-0.1, -0.05) is 12.1 Å². The lowest BCUT2D eigenvalue weighted by Gasteiger charge is -2.15. The highest BCUT2D eigenvalue weighted by Crippen LogP contribution is 2.34. The molecule has 2 aromatic carbocycles. The first-order chi connectivity index (χ1) is 13.0. The first kappa shape index (κ1) is 18.6. The Morgan fingerprint density at radius 1 is 1.15 bits per heavy atom. The lowest BCUT2D eigenvalue weighted by Crippen LogP contribution is -2.31. The van der Waals surface area contributed by atoms with Gasteiger partial charge in [-0.25, -0.2) is 4.79 Å². The van der Waals surface area contributed by atoms with Gasteiger partial charge in [0.15, 0.2) is 18.1 Å². The topological polar surface area (TPSA) is 83.1 Å². The van der Waals surface area contributed by atoms with Gasteiger partial charge in [-0.15, -0.1) is 0 Å². The van der Waals surface area contributed by atoms with Crippen molar-refractivity contribution in [1.29, 1.82) is 0 Å². The zero-order chi connectivity index (χ0) is 19.4. The van der Waals surface area contributed by atoms with Crippen LogP contribution >= 0.6 is 0 Å². The SMILES string of the molecule is COc1cc(C(=O)OCC(=O)N[C@H](C)c2ccc3c(c2)OCO3)ccc1C. The van der Waals surface area contributed by atoms with Crippen molar-refractivity contribution in [2.24, 2.45) is 0 Å². The van der Waals surface area contributed by atoms with Crippen LogP contribution in [-0.2, 0) is 9.53 Å². The fourth-order valence-electron chi connectivity index (χ4n) is 2.71. The van der Waals surface area contributed by atoms with E-state index in [1.165, 1.54) is 7.11 Å². The Labute approximate surface area is 157 Å². The summed E-state index contributed by atoms with van der Waals surface area (Å²) in [6.45, 7) is 3.53. The molecule has 0 aliphatic carbocycles. The Bertz CT molecular complexity index is 864. The van der Waals surface area contributed by atoms with Crippen molar-refractivity contribution in [3.63, 3.8) is 0 Å². The average molecular weight is 371 g/mol. The van der Waals surface area contributed by atoms with Gasteiger partial charge in [0.1, 0.15) is 5.75 Å². The summed E-state index contributed by atoms with van der Waals surface area (Å²) in [5.74, 6) is 0.935. The van der Waals surface area contributed by atoms with Crippen LogP contribution in [0.5, 0.6) is 17.2 Å². The molecule has 0 saturated heterocycles. The Hall–Kier alpha value is -3.22. The van der Waals surface area contributed by atoms with Crippen molar-refractivity contribution in [2.75, 3.05) is 20.5 Å². The second-order valence-electron chi connectivity index (χ2n) is 6.16. The molecule has 0 saturated carbocycles. The van der Waals surface area contributed by atoms with E-state index in [9.17, 15) is 9.59 Å². The zero-order valence-corrected chi connectivity index (χ0v) is 15.4. The molecule has 142 valence electrons. The second kappa shape index (κ2) is 7.99. The molecule has 2 aromatic rings. The van der Waals surface area contributed by atoms with Gasteiger partial charge in [0, 0.05) is 0 Å². The Morgan fingerprint density at radius 2 is 1.93 bits per heavy atom. The van der Waals surface area contributed by atoms with Crippen LogP contribution in [-0.4, -0.2) is 32.4 Å². The van der Waals surface area contributed by atoms with Crippen molar-refractivity contribution in [1.82, 2.24) is 5.32 Å². The van der Waals surface area contributed by atoms with Crippen LogP contribution in [0.3, 0.4) is 0 Å². The number of benzene rings is 2. The Balaban J connectivity index is 1.54. The summed E-state index contributed by atoms with van der Waals surface area (Å²) in [5, 5.41) is 2.79. The quantitative estimate of drug-likeness (QED) is 0.786. The number of fused-ring (bicyclic) bond motifs is 1. The van der Waals surface area contributed by atoms with E-state index in [1.807, 2.05) is 26.0 Å². The molecule has 0 bridgehead atoms. The highest BCUT2D eigenvalue weighted by atomic mass is 16.7. The van der Waals surface area contributed by atoms with Crippen LogP contribution in [0.4, 0.5) is 0 Å². The lowest BCUT2D eigenvalue weighted by atomic mass is 10.1. The Morgan fingerprint density at radius 3 is 2.70 bits per heavy atom. The second-order valence-corrected chi connectivity index (χ2v) is 6.16. The minimum Gasteiger partial charge on any atom is -0.496 e. The van der Waals surface area contributed by atoms with Gasteiger partial charge in [0.25, 0.3) is 5.91 Å². The number of esters is 1. The van der Waals surface area contributed by atoms with Crippen LogP contribution < -0.4 is 19.5 Å². The molecule has 3 rings (SSSR count). The molecule has 1 aliphatic heterocycles. The summed E-state index contributed by atoms with van der Waals surface area (Å²) in [7, 11) is 1.53. The number of rotatable bonds is 6. The van der Waals surface area contributed by atoms with E-state index in [2.05, 4.69) is 5.32 Å². The molecule has 0 aromatic heterocycles. The summed E-state index contributed by atoms with van der Waals surface area (Å²) in [6.07, 6.45) is 0. The van der Waals surface area contributed by atoms with Gasteiger partial charge in [-0.2, -0.15) is 0 Å². The van der Waals surface area contributed by atoms with E-state index >= 15 is 0 Å². The molecule has 0 radical (unpaired) electrons. The van der Waals surface area contributed by atoms with Gasteiger partial charge < -0.3 is 24.3 Å². The summed E-state index contributed by atoms with van der Waals surface area (Å²) >= 11 is 0. The maximum Gasteiger partial charge on any atom is 0.338 e. The van der Waals surface area contributed by atoms with Crippen LogP contribution in [0.15, 0.2) is 36.4 Å². The van der Waals surface area contributed by atoms with Crippen molar-refractivity contribution in [3.8, 4) is 17.2 Å². The number of hydrogen-bond donors (Lipinski definition) is 1. The number of ether oxygens (including phenoxy) is 4. The van der Waals surface area contributed by atoms with Gasteiger partial charge in [-0.05, 0) is 49.2 Å². The van der Waals surface area contributed by atoms with Crippen molar-refractivity contribution < 1.29 is 28.5 Å². The summed E-state index contributed by atoms with van der Waals surface area (Å²) < 4.78 is 20.9. The highest BCUT2D eigenvalue weighted by Gasteiger charge is 2.18. The molecule has 7 heteroatoms. The van der Waals surface area contributed by atoms with Gasteiger partial charge in [0.05, 0.1) is 18.7 Å². The molecule has 27 heavy (non-hydrogen) atoms. The van der Waals surface area contributed by atoms with E-state index in [-0.39, 0.29) is 19.4 Å².